The fourth-order valence-electron chi connectivity index (χ4n) is 2.56. The van der Waals surface area contributed by atoms with Gasteiger partial charge in [0.1, 0.15) is 11.5 Å². The summed E-state index contributed by atoms with van der Waals surface area (Å²) in [7, 11) is 0. The summed E-state index contributed by atoms with van der Waals surface area (Å²) in [5.74, 6) is 1.93. The third kappa shape index (κ3) is 3.16. The van der Waals surface area contributed by atoms with Crippen LogP contribution in [0.2, 0.25) is 0 Å². The van der Waals surface area contributed by atoms with Gasteiger partial charge in [-0.25, -0.2) is 0 Å². The molecule has 1 aromatic carbocycles. The quantitative estimate of drug-likeness (QED) is 0.765. The number of fused-ring (bicyclic) bond motifs is 1. The first kappa shape index (κ1) is 13.9. The first-order chi connectivity index (χ1) is 10.3. The fraction of sp³-hybridized carbons (Fsp3) is 0.353. The molecule has 0 spiro atoms. The molecule has 1 aromatic heterocycles. The van der Waals surface area contributed by atoms with Gasteiger partial charge in [-0.05, 0) is 42.4 Å². The van der Waals surface area contributed by atoms with Crippen molar-refractivity contribution in [1.82, 2.24) is 4.90 Å². The number of carbonyl (C=O) groups is 1. The Balaban J connectivity index is 1.67. The number of hydrogen-bond acceptors (Lipinski definition) is 4. The maximum absolute atomic E-state index is 12.4. The normalized spacial score (nSPS) is 13.2. The van der Waals surface area contributed by atoms with Crippen molar-refractivity contribution >= 4 is 5.78 Å². The molecule has 3 rings (SSSR count). The maximum atomic E-state index is 12.4. The summed E-state index contributed by atoms with van der Waals surface area (Å²) < 4.78 is 10.8. The summed E-state index contributed by atoms with van der Waals surface area (Å²) >= 11 is 0. The van der Waals surface area contributed by atoms with Gasteiger partial charge in [0.05, 0.1) is 26.0 Å². The average Bonchev–Trinajstić information content (AvgIpc) is 3.16. The van der Waals surface area contributed by atoms with E-state index in [2.05, 4.69) is 4.90 Å². The van der Waals surface area contributed by atoms with E-state index in [1.807, 2.05) is 37.3 Å². The molecule has 0 amide bonds. The van der Waals surface area contributed by atoms with Crippen molar-refractivity contribution in [2.45, 2.75) is 19.9 Å². The molecule has 0 unspecified atom stereocenters. The van der Waals surface area contributed by atoms with Crippen LogP contribution >= 0.6 is 0 Å². The Kier molecular flexibility index (Phi) is 4.06. The Morgan fingerprint density at radius 1 is 1.33 bits per heavy atom. The van der Waals surface area contributed by atoms with E-state index in [1.165, 1.54) is 0 Å². The van der Waals surface area contributed by atoms with Gasteiger partial charge < -0.3 is 9.15 Å². The standard InChI is InChI=1S/C17H19NO3/c1-2-18(11-15-4-3-8-20-15)12-16(19)13-5-6-17-14(10-13)7-9-21-17/h3-6,8,10H,2,7,9,11-12H2,1H3. The summed E-state index contributed by atoms with van der Waals surface area (Å²) in [5.41, 5.74) is 1.90. The lowest BCUT2D eigenvalue weighted by Gasteiger charge is -2.18. The molecule has 0 atom stereocenters. The van der Waals surface area contributed by atoms with E-state index in [0.717, 1.165) is 35.6 Å². The number of ether oxygens (including phenoxy) is 1. The predicted octanol–water partition coefficient (Wildman–Crippen LogP) is 2.92. The summed E-state index contributed by atoms with van der Waals surface area (Å²) in [5, 5.41) is 0. The number of hydrogen-bond donors (Lipinski definition) is 0. The SMILES string of the molecule is CCN(CC(=O)c1ccc2c(c1)CCO2)Cc1ccco1. The number of likely N-dealkylation sites (N-methyl/N-ethyl adjacent to an activating group) is 1. The van der Waals surface area contributed by atoms with Crippen LogP contribution in [0.4, 0.5) is 0 Å². The van der Waals surface area contributed by atoms with Gasteiger partial charge in [0.2, 0.25) is 0 Å². The van der Waals surface area contributed by atoms with Gasteiger partial charge in [-0.2, -0.15) is 0 Å². The van der Waals surface area contributed by atoms with Gasteiger partial charge in [0, 0.05) is 12.0 Å². The third-order valence-electron chi connectivity index (χ3n) is 3.79. The van der Waals surface area contributed by atoms with Gasteiger partial charge in [-0.3, -0.25) is 9.69 Å². The molecule has 0 N–H and O–H groups in total. The number of furan rings is 1. The largest absolute Gasteiger partial charge is 0.493 e. The van der Waals surface area contributed by atoms with Gasteiger partial charge >= 0.3 is 0 Å². The van der Waals surface area contributed by atoms with Crippen molar-refractivity contribution in [3.8, 4) is 5.75 Å². The summed E-state index contributed by atoms with van der Waals surface area (Å²) in [4.78, 5) is 14.5. The zero-order chi connectivity index (χ0) is 14.7. The minimum atomic E-state index is 0.137. The van der Waals surface area contributed by atoms with Crippen molar-refractivity contribution in [3.05, 3.63) is 53.5 Å². The molecule has 0 aliphatic carbocycles. The number of carbonyl (C=O) groups excluding carboxylic acids is 1. The lowest BCUT2D eigenvalue weighted by molar-refractivity contribution is 0.0925. The van der Waals surface area contributed by atoms with Gasteiger partial charge in [-0.1, -0.05) is 6.92 Å². The zero-order valence-electron chi connectivity index (χ0n) is 12.2. The summed E-state index contributed by atoms with van der Waals surface area (Å²) in [6.07, 6.45) is 2.55. The van der Waals surface area contributed by atoms with Crippen molar-refractivity contribution in [2.24, 2.45) is 0 Å². The number of ketones is 1. The van der Waals surface area contributed by atoms with Crippen LogP contribution in [0.1, 0.15) is 28.6 Å². The first-order valence-corrected chi connectivity index (χ1v) is 7.30. The van der Waals surface area contributed by atoms with E-state index in [-0.39, 0.29) is 5.78 Å². The molecule has 0 saturated heterocycles. The second-order valence-corrected chi connectivity index (χ2v) is 5.23. The monoisotopic (exact) mass is 285 g/mol. The second kappa shape index (κ2) is 6.14. The van der Waals surface area contributed by atoms with Crippen LogP contribution in [0.5, 0.6) is 5.75 Å². The molecule has 1 aliphatic heterocycles. The van der Waals surface area contributed by atoms with Crippen LogP contribution in [0.15, 0.2) is 41.0 Å². The highest BCUT2D eigenvalue weighted by molar-refractivity contribution is 5.98. The van der Waals surface area contributed by atoms with Crippen molar-refractivity contribution in [3.63, 3.8) is 0 Å². The van der Waals surface area contributed by atoms with Crippen LogP contribution in [0.25, 0.3) is 0 Å². The lowest BCUT2D eigenvalue weighted by Crippen LogP contribution is -2.29. The Hall–Kier alpha value is -2.07. The van der Waals surface area contributed by atoms with Crippen molar-refractivity contribution in [1.29, 1.82) is 0 Å². The predicted molar refractivity (Wildman–Crippen MR) is 79.6 cm³/mol. The van der Waals surface area contributed by atoms with E-state index in [0.29, 0.717) is 19.7 Å². The zero-order valence-corrected chi connectivity index (χ0v) is 12.2. The highest BCUT2D eigenvalue weighted by Crippen LogP contribution is 2.26. The Bertz CT molecular complexity index is 619. The maximum Gasteiger partial charge on any atom is 0.176 e. The van der Waals surface area contributed by atoms with E-state index in [4.69, 9.17) is 9.15 Å². The van der Waals surface area contributed by atoms with E-state index < -0.39 is 0 Å². The average molecular weight is 285 g/mol. The fourth-order valence-corrected chi connectivity index (χ4v) is 2.56. The number of nitrogens with zero attached hydrogens (tertiary/aromatic N) is 1. The molecule has 0 saturated carbocycles. The molecule has 1 aliphatic rings. The summed E-state index contributed by atoms with van der Waals surface area (Å²) in [6, 6.07) is 9.52. The molecule has 0 radical (unpaired) electrons. The molecule has 4 heteroatoms. The lowest BCUT2D eigenvalue weighted by atomic mass is 10.1. The summed E-state index contributed by atoms with van der Waals surface area (Å²) in [6.45, 7) is 4.62. The van der Waals surface area contributed by atoms with Gasteiger partial charge in [0.15, 0.2) is 5.78 Å². The van der Waals surface area contributed by atoms with Crippen LogP contribution in [-0.4, -0.2) is 30.4 Å². The van der Waals surface area contributed by atoms with Gasteiger partial charge in [-0.15, -0.1) is 0 Å². The highest BCUT2D eigenvalue weighted by atomic mass is 16.5. The number of rotatable bonds is 6. The molecule has 2 aromatic rings. The molecule has 0 bridgehead atoms. The molecule has 110 valence electrons. The molecule has 0 fully saturated rings. The Morgan fingerprint density at radius 3 is 3.00 bits per heavy atom. The van der Waals surface area contributed by atoms with Crippen molar-refractivity contribution in [2.75, 3.05) is 19.7 Å². The smallest absolute Gasteiger partial charge is 0.176 e. The van der Waals surface area contributed by atoms with Crippen LogP contribution in [0, 0.1) is 0 Å². The van der Waals surface area contributed by atoms with E-state index >= 15 is 0 Å². The van der Waals surface area contributed by atoms with Crippen LogP contribution in [0.3, 0.4) is 0 Å². The first-order valence-electron chi connectivity index (χ1n) is 7.30. The van der Waals surface area contributed by atoms with Crippen LogP contribution < -0.4 is 4.74 Å². The van der Waals surface area contributed by atoms with E-state index in [9.17, 15) is 4.79 Å². The molecular formula is C17H19NO3. The number of Topliss-reactive ketones (excluding diaryl/α,β-unsaturated/α-hetero) is 1. The third-order valence-corrected chi connectivity index (χ3v) is 3.79. The van der Waals surface area contributed by atoms with Gasteiger partial charge in [0.25, 0.3) is 0 Å². The molecule has 2 heterocycles. The minimum Gasteiger partial charge on any atom is -0.493 e. The van der Waals surface area contributed by atoms with Crippen molar-refractivity contribution < 1.29 is 13.9 Å². The minimum absolute atomic E-state index is 0.137. The topological polar surface area (TPSA) is 42.7 Å². The highest BCUT2D eigenvalue weighted by Gasteiger charge is 2.17. The van der Waals surface area contributed by atoms with Crippen LogP contribution in [-0.2, 0) is 13.0 Å². The Labute approximate surface area is 124 Å². The number of benzene rings is 1. The molecule has 4 nitrogen and oxygen atoms in total. The molecular weight excluding hydrogens is 266 g/mol. The Morgan fingerprint density at radius 2 is 2.24 bits per heavy atom. The second-order valence-electron chi connectivity index (χ2n) is 5.23. The molecule has 21 heavy (non-hydrogen) atoms. The van der Waals surface area contributed by atoms with E-state index in [1.54, 1.807) is 6.26 Å².